The molecule has 12 heavy (non-hydrogen) atoms. The topological polar surface area (TPSA) is 28.7 Å². The van der Waals surface area contributed by atoms with E-state index in [9.17, 15) is 0 Å². The summed E-state index contributed by atoms with van der Waals surface area (Å²) in [5, 5.41) is 8.59. The number of rotatable bonds is 0. The zero-order valence-electron chi connectivity index (χ0n) is 5.74. The lowest BCUT2D eigenvalue weighted by atomic mass is 10.3. The van der Waals surface area contributed by atoms with E-state index in [1.165, 1.54) is 0 Å². The molecular formula is C7H3Br2ClN2. The van der Waals surface area contributed by atoms with Crippen molar-refractivity contribution in [2.75, 3.05) is 0 Å². The number of hydrogen-bond acceptors (Lipinski definition) is 1. The molecule has 0 radical (unpaired) electrons. The molecule has 0 saturated carbocycles. The summed E-state index contributed by atoms with van der Waals surface area (Å²) in [6.07, 6.45) is 0. The zero-order valence-corrected chi connectivity index (χ0v) is 9.66. The molecule has 2 aromatic rings. The van der Waals surface area contributed by atoms with Gasteiger partial charge in [0.15, 0.2) is 0 Å². The molecule has 1 aromatic carbocycles. The molecule has 2 rings (SSSR count). The van der Waals surface area contributed by atoms with Gasteiger partial charge in [-0.3, -0.25) is 5.10 Å². The quantitative estimate of drug-likeness (QED) is 0.789. The molecule has 1 aromatic heterocycles. The van der Waals surface area contributed by atoms with E-state index in [1.807, 2.05) is 12.1 Å². The number of aromatic nitrogens is 2. The predicted octanol–water partition coefficient (Wildman–Crippen LogP) is 3.74. The average molecular weight is 310 g/mol. The minimum Gasteiger partial charge on any atom is -0.270 e. The van der Waals surface area contributed by atoms with Gasteiger partial charge in [-0.15, -0.1) is 0 Å². The van der Waals surface area contributed by atoms with Crippen LogP contribution in [0.1, 0.15) is 0 Å². The molecule has 0 bridgehead atoms. The maximum Gasteiger partial charge on any atom is 0.109 e. The van der Waals surface area contributed by atoms with Crippen LogP contribution in [0.2, 0.25) is 5.02 Å². The van der Waals surface area contributed by atoms with Crippen molar-refractivity contribution in [1.82, 2.24) is 10.2 Å². The van der Waals surface area contributed by atoms with Crippen molar-refractivity contribution in [2.24, 2.45) is 0 Å². The Balaban J connectivity index is 2.93. The Morgan fingerprint density at radius 3 is 2.83 bits per heavy atom. The van der Waals surface area contributed by atoms with Crippen LogP contribution in [-0.2, 0) is 0 Å². The Morgan fingerprint density at radius 1 is 1.33 bits per heavy atom. The van der Waals surface area contributed by atoms with Gasteiger partial charge in [-0.1, -0.05) is 11.6 Å². The number of nitrogens with zero attached hydrogens (tertiary/aromatic N) is 1. The smallest absolute Gasteiger partial charge is 0.109 e. The highest BCUT2D eigenvalue weighted by molar-refractivity contribution is 9.11. The molecule has 62 valence electrons. The third-order valence-electron chi connectivity index (χ3n) is 1.57. The van der Waals surface area contributed by atoms with Gasteiger partial charge in [0.1, 0.15) is 10.1 Å². The van der Waals surface area contributed by atoms with E-state index >= 15 is 0 Å². The van der Waals surface area contributed by atoms with E-state index in [4.69, 9.17) is 11.6 Å². The first-order chi connectivity index (χ1) is 5.70. The van der Waals surface area contributed by atoms with Crippen LogP contribution in [0.15, 0.2) is 21.2 Å². The highest BCUT2D eigenvalue weighted by Gasteiger charge is 2.08. The molecule has 0 aliphatic heterocycles. The molecule has 0 saturated heterocycles. The number of aromatic amines is 1. The molecule has 0 aliphatic rings. The van der Waals surface area contributed by atoms with Crippen LogP contribution in [0.4, 0.5) is 0 Å². The second-order valence-electron chi connectivity index (χ2n) is 2.30. The lowest BCUT2D eigenvalue weighted by Crippen LogP contribution is -1.72. The van der Waals surface area contributed by atoms with E-state index in [0.29, 0.717) is 5.02 Å². The molecule has 0 fully saturated rings. The summed E-state index contributed by atoms with van der Waals surface area (Å²) in [6.45, 7) is 0. The van der Waals surface area contributed by atoms with Gasteiger partial charge in [-0.25, -0.2) is 0 Å². The fourth-order valence-electron chi connectivity index (χ4n) is 0.992. The third kappa shape index (κ3) is 1.18. The second kappa shape index (κ2) is 3.01. The molecule has 0 atom stereocenters. The zero-order chi connectivity index (χ0) is 8.72. The van der Waals surface area contributed by atoms with Crippen molar-refractivity contribution in [3.63, 3.8) is 0 Å². The second-order valence-corrected chi connectivity index (χ2v) is 4.29. The summed E-state index contributed by atoms with van der Waals surface area (Å²) in [5.41, 5.74) is 0.842. The van der Waals surface area contributed by atoms with E-state index in [2.05, 4.69) is 42.1 Å². The first-order valence-electron chi connectivity index (χ1n) is 3.17. The van der Waals surface area contributed by atoms with Crippen molar-refractivity contribution in [3.05, 3.63) is 26.2 Å². The monoisotopic (exact) mass is 308 g/mol. The maximum absolute atomic E-state index is 5.88. The minimum atomic E-state index is 0.668. The van der Waals surface area contributed by atoms with E-state index in [0.717, 1.165) is 20.0 Å². The number of halogens is 3. The SMILES string of the molecule is Clc1ccc2c(Br)[nH]nc2c1Br. The van der Waals surface area contributed by atoms with E-state index in [1.54, 1.807) is 0 Å². The summed E-state index contributed by atoms with van der Waals surface area (Å²) >= 11 is 12.6. The number of nitrogens with one attached hydrogen (secondary N) is 1. The van der Waals surface area contributed by atoms with Crippen molar-refractivity contribution in [1.29, 1.82) is 0 Å². The molecular weight excluding hydrogens is 307 g/mol. The van der Waals surface area contributed by atoms with Crippen molar-refractivity contribution < 1.29 is 0 Å². The fraction of sp³-hybridized carbons (Fsp3) is 0. The third-order valence-corrected chi connectivity index (χ3v) is 3.52. The van der Waals surface area contributed by atoms with Crippen molar-refractivity contribution in [3.8, 4) is 0 Å². The normalized spacial score (nSPS) is 10.9. The van der Waals surface area contributed by atoms with Gasteiger partial charge in [0.05, 0.1) is 9.50 Å². The molecule has 0 aliphatic carbocycles. The van der Waals surface area contributed by atoms with Gasteiger partial charge >= 0.3 is 0 Å². The van der Waals surface area contributed by atoms with Crippen LogP contribution < -0.4 is 0 Å². The molecule has 1 N–H and O–H groups in total. The van der Waals surface area contributed by atoms with Gasteiger partial charge in [0.2, 0.25) is 0 Å². The first kappa shape index (κ1) is 8.53. The van der Waals surface area contributed by atoms with Crippen LogP contribution >= 0.6 is 43.5 Å². The van der Waals surface area contributed by atoms with E-state index in [-0.39, 0.29) is 0 Å². The molecule has 2 nitrogen and oxygen atoms in total. The number of H-pyrrole nitrogens is 1. The maximum atomic E-state index is 5.88. The van der Waals surface area contributed by atoms with Gasteiger partial charge in [0, 0.05) is 5.39 Å². The average Bonchev–Trinajstić information content (AvgIpc) is 2.41. The number of benzene rings is 1. The Kier molecular flexibility index (Phi) is 2.14. The van der Waals surface area contributed by atoms with Crippen molar-refractivity contribution in [2.45, 2.75) is 0 Å². The van der Waals surface area contributed by atoms with E-state index < -0.39 is 0 Å². The largest absolute Gasteiger partial charge is 0.270 e. The number of hydrogen-bond donors (Lipinski definition) is 1. The highest BCUT2D eigenvalue weighted by atomic mass is 79.9. The fourth-order valence-corrected chi connectivity index (χ4v) is 1.99. The highest BCUT2D eigenvalue weighted by Crippen LogP contribution is 2.32. The van der Waals surface area contributed by atoms with Gasteiger partial charge < -0.3 is 0 Å². The van der Waals surface area contributed by atoms with Crippen LogP contribution in [0, 0.1) is 0 Å². The first-order valence-corrected chi connectivity index (χ1v) is 5.14. The van der Waals surface area contributed by atoms with Gasteiger partial charge in [0.25, 0.3) is 0 Å². The standard InChI is InChI=1S/C7H3Br2ClN2/c8-5-4(10)2-1-3-6(5)11-12-7(3)9/h1-2H,(H,11,12). The Morgan fingerprint density at radius 2 is 2.08 bits per heavy atom. The summed E-state index contributed by atoms with van der Waals surface area (Å²) in [5.74, 6) is 0. The predicted molar refractivity (Wildman–Crippen MR) is 56.5 cm³/mol. The van der Waals surface area contributed by atoms with Gasteiger partial charge in [-0.2, -0.15) is 5.10 Å². The van der Waals surface area contributed by atoms with Crippen LogP contribution in [0.25, 0.3) is 10.9 Å². The van der Waals surface area contributed by atoms with Gasteiger partial charge in [-0.05, 0) is 44.0 Å². The summed E-state index contributed by atoms with van der Waals surface area (Å²) in [6, 6.07) is 3.74. The minimum absolute atomic E-state index is 0.668. The molecule has 0 spiro atoms. The van der Waals surface area contributed by atoms with Crippen molar-refractivity contribution >= 4 is 54.4 Å². The lowest BCUT2D eigenvalue weighted by Gasteiger charge is -1.94. The molecule has 5 heteroatoms. The van der Waals surface area contributed by atoms with Crippen LogP contribution in [0.3, 0.4) is 0 Å². The summed E-state index contributed by atoms with van der Waals surface area (Å²) < 4.78 is 1.69. The molecule has 1 heterocycles. The Labute approximate surface area is 90.5 Å². The Hall–Kier alpha value is -0.0600. The van der Waals surface area contributed by atoms with Crippen LogP contribution in [-0.4, -0.2) is 10.2 Å². The molecule has 0 unspecified atom stereocenters. The number of fused-ring (bicyclic) bond motifs is 1. The lowest BCUT2D eigenvalue weighted by molar-refractivity contribution is 1.09. The molecule has 0 amide bonds. The summed E-state index contributed by atoms with van der Waals surface area (Å²) in [4.78, 5) is 0. The van der Waals surface area contributed by atoms with Crippen LogP contribution in [0.5, 0.6) is 0 Å². The summed E-state index contributed by atoms with van der Waals surface area (Å²) in [7, 11) is 0. The Bertz CT molecular complexity index is 438.